The van der Waals surface area contributed by atoms with E-state index < -0.39 is 11.8 Å². The fourth-order valence-corrected chi connectivity index (χ4v) is 2.92. The van der Waals surface area contributed by atoms with Gasteiger partial charge in [0, 0.05) is 32.7 Å². The summed E-state index contributed by atoms with van der Waals surface area (Å²) in [5, 5.41) is 6.29. The number of hydrogen-bond acceptors (Lipinski definition) is 3. The molecule has 2 aromatic carbocycles. The van der Waals surface area contributed by atoms with Crippen molar-refractivity contribution in [3.05, 3.63) is 71.0 Å². The molecular weight excluding hydrogens is 524 g/mol. The van der Waals surface area contributed by atoms with E-state index in [4.69, 9.17) is 5.73 Å². The Morgan fingerprint density at radius 2 is 1.62 bits per heavy atom. The number of rotatable bonds is 9. The van der Waals surface area contributed by atoms with Crippen molar-refractivity contribution < 1.29 is 14.0 Å². The van der Waals surface area contributed by atoms with Gasteiger partial charge in [0.25, 0.3) is 5.91 Å². The number of benzene rings is 2. The van der Waals surface area contributed by atoms with Crippen LogP contribution in [0.1, 0.15) is 28.4 Å². The molecule has 0 fully saturated rings. The predicted molar refractivity (Wildman–Crippen MR) is 135 cm³/mol. The Balaban J connectivity index is 0.00000512. The number of guanidine groups is 1. The molecule has 0 saturated carbocycles. The predicted octanol–water partition coefficient (Wildman–Crippen LogP) is 2.54. The average molecular weight is 555 g/mol. The van der Waals surface area contributed by atoms with E-state index in [9.17, 15) is 14.0 Å². The smallest absolute Gasteiger partial charge is 0.253 e. The summed E-state index contributed by atoms with van der Waals surface area (Å²) in [5.41, 5.74) is 7.96. The fourth-order valence-electron chi connectivity index (χ4n) is 2.92. The van der Waals surface area contributed by atoms with Gasteiger partial charge in [-0.2, -0.15) is 0 Å². The summed E-state index contributed by atoms with van der Waals surface area (Å²) in [6, 6.07) is 13.3. The number of nitrogens with two attached hydrogens (primary N) is 1. The van der Waals surface area contributed by atoms with Crippen LogP contribution in [0.2, 0.25) is 0 Å². The van der Waals surface area contributed by atoms with Gasteiger partial charge in [-0.25, -0.2) is 9.38 Å². The summed E-state index contributed by atoms with van der Waals surface area (Å²) >= 11 is 0. The Labute approximate surface area is 205 Å². The minimum absolute atomic E-state index is 0. The highest BCUT2D eigenvalue weighted by molar-refractivity contribution is 14.0. The second-order valence-corrected chi connectivity index (χ2v) is 7.40. The third kappa shape index (κ3) is 8.81. The summed E-state index contributed by atoms with van der Waals surface area (Å²) < 4.78 is 13.1. The Morgan fingerprint density at radius 1 is 1.03 bits per heavy atom. The molecule has 174 valence electrons. The van der Waals surface area contributed by atoms with Crippen molar-refractivity contribution in [3.8, 4) is 0 Å². The van der Waals surface area contributed by atoms with Crippen LogP contribution in [0.5, 0.6) is 0 Å². The number of primary amides is 1. The number of carbonyl (C=O) groups is 2. The lowest BCUT2D eigenvalue weighted by molar-refractivity contribution is -0.121. The van der Waals surface area contributed by atoms with Gasteiger partial charge < -0.3 is 21.3 Å². The molecule has 9 heteroatoms. The molecular formula is C23H31FIN5O2. The molecule has 7 nitrogen and oxygen atoms in total. The third-order valence-electron chi connectivity index (χ3n) is 4.68. The molecule has 4 N–H and O–H groups in total. The average Bonchev–Trinajstić information content (AvgIpc) is 2.75. The highest BCUT2D eigenvalue weighted by Crippen LogP contribution is 2.10. The molecule has 0 radical (unpaired) electrons. The molecule has 32 heavy (non-hydrogen) atoms. The zero-order valence-corrected chi connectivity index (χ0v) is 20.9. The van der Waals surface area contributed by atoms with Crippen LogP contribution in [0, 0.1) is 11.7 Å². The maximum absolute atomic E-state index is 13.1. The molecule has 1 atom stereocenters. The summed E-state index contributed by atoms with van der Waals surface area (Å²) in [5.74, 6) is -0.720. The molecule has 0 spiro atoms. The number of halogens is 2. The molecule has 0 aliphatic rings. The summed E-state index contributed by atoms with van der Waals surface area (Å²) in [6.07, 6.45) is 0.406. The lowest BCUT2D eigenvalue weighted by Crippen LogP contribution is -2.43. The molecule has 0 saturated heterocycles. The zero-order chi connectivity index (χ0) is 22.8. The second kappa shape index (κ2) is 13.7. The first-order valence-corrected chi connectivity index (χ1v) is 10.2. The van der Waals surface area contributed by atoms with Crippen LogP contribution < -0.4 is 16.4 Å². The van der Waals surface area contributed by atoms with Crippen LogP contribution in [0.15, 0.2) is 53.5 Å². The quantitative estimate of drug-likeness (QED) is 0.252. The lowest BCUT2D eigenvalue weighted by atomic mass is 9.98. The number of nitrogens with one attached hydrogen (secondary N) is 2. The Hall–Kier alpha value is -2.69. The number of amides is 2. The van der Waals surface area contributed by atoms with Gasteiger partial charge >= 0.3 is 0 Å². The highest BCUT2D eigenvalue weighted by atomic mass is 127. The Bertz CT molecular complexity index is 902. The van der Waals surface area contributed by atoms with Crippen LogP contribution in [0.4, 0.5) is 4.39 Å². The van der Waals surface area contributed by atoms with Gasteiger partial charge in [-0.05, 0) is 48.7 Å². The Kier molecular flexibility index (Phi) is 11.7. The van der Waals surface area contributed by atoms with E-state index in [-0.39, 0.29) is 35.7 Å². The molecule has 0 heterocycles. The first-order chi connectivity index (χ1) is 14.8. The molecule has 0 aliphatic carbocycles. The van der Waals surface area contributed by atoms with Crippen molar-refractivity contribution in [3.63, 3.8) is 0 Å². The first kappa shape index (κ1) is 27.3. The summed E-state index contributed by atoms with van der Waals surface area (Å²) in [6.45, 7) is 3.31. The molecule has 1 unspecified atom stereocenters. The second-order valence-electron chi connectivity index (χ2n) is 7.40. The normalized spacial score (nSPS) is 11.8. The van der Waals surface area contributed by atoms with E-state index in [0.29, 0.717) is 37.6 Å². The number of hydrogen-bond donors (Lipinski definition) is 3. The minimum Gasteiger partial charge on any atom is -0.369 e. The minimum atomic E-state index is -0.467. The van der Waals surface area contributed by atoms with Crippen LogP contribution in [-0.2, 0) is 17.8 Å². The van der Waals surface area contributed by atoms with Gasteiger partial charge in [-0.3, -0.25) is 9.59 Å². The van der Waals surface area contributed by atoms with Crippen LogP contribution in [-0.4, -0.2) is 49.9 Å². The number of carbonyl (C=O) groups excluding carboxylic acids is 2. The molecule has 0 aliphatic heterocycles. The third-order valence-corrected chi connectivity index (χ3v) is 4.68. The van der Waals surface area contributed by atoms with Crippen LogP contribution in [0.3, 0.4) is 0 Å². The van der Waals surface area contributed by atoms with Crippen LogP contribution >= 0.6 is 24.0 Å². The van der Waals surface area contributed by atoms with Crippen molar-refractivity contribution in [1.82, 2.24) is 15.5 Å². The molecule has 2 aromatic rings. The van der Waals surface area contributed by atoms with Crippen molar-refractivity contribution in [2.45, 2.75) is 19.9 Å². The largest absolute Gasteiger partial charge is 0.369 e. The van der Waals surface area contributed by atoms with E-state index in [1.807, 2.05) is 19.1 Å². The maximum atomic E-state index is 13.1. The van der Waals surface area contributed by atoms with E-state index in [1.54, 1.807) is 38.4 Å². The highest BCUT2D eigenvalue weighted by Gasteiger charge is 2.17. The number of nitrogens with zero attached hydrogens (tertiary/aromatic N) is 2. The van der Waals surface area contributed by atoms with Crippen molar-refractivity contribution in [1.29, 1.82) is 0 Å². The molecule has 0 bridgehead atoms. The van der Waals surface area contributed by atoms with Crippen molar-refractivity contribution in [2.24, 2.45) is 16.6 Å². The molecule has 0 aromatic heterocycles. The van der Waals surface area contributed by atoms with Crippen molar-refractivity contribution >= 4 is 41.8 Å². The van der Waals surface area contributed by atoms with E-state index in [1.165, 1.54) is 17.0 Å². The maximum Gasteiger partial charge on any atom is 0.253 e. The van der Waals surface area contributed by atoms with Gasteiger partial charge in [0.2, 0.25) is 5.91 Å². The zero-order valence-electron chi connectivity index (χ0n) is 18.6. The lowest BCUT2D eigenvalue weighted by Gasteiger charge is -2.17. The van der Waals surface area contributed by atoms with Gasteiger partial charge in [0.15, 0.2) is 5.96 Å². The number of aliphatic imine (C=N–C) groups is 1. The molecule has 2 amide bonds. The van der Waals surface area contributed by atoms with Gasteiger partial charge in [-0.1, -0.05) is 24.3 Å². The standard InChI is InChI=1S/C23H30FN5O2.HI/c1-4-26-23(27-14-17-5-9-18(10-6-17)22(31)29(2)3)28-15-19(21(25)30)13-16-7-11-20(24)12-8-16;/h5-12,19H,4,13-15H2,1-3H3,(H2,25,30)(H2,26,27,28);1H. The van der Waals surface area contributed by atoms with Gasteiger partial charge in [0.1, 0.15) is 5.82 Å². The first-order valence-electron chi connectivity index (χ1n) is 10.2. The Morgan fingerprint density at radius 3 is 2.16 bits per heavy atom. The van der Waals surface area contributed by atoms with Gasteiger partial charge in [0.05, 0.1) is 12.5 Å². The van der Waals surface area contributed by atoms with E-state index >= 15 is 0 Å². The van der Waals surface area contributed by atoms with Crippen LogP contribution in [0.25, 0.3) is 0 Å². The van der Waals surface area contributed by atoms with E-state index in [0.717, 1.165) is 11.1 Å². The summed E-state index contributed by atoms with van der Waals surface area (Å²) in [7, 11) is 3.43. The topological polar surface area (TPSA) is 99.8 Å². The van der Waals surface area contributed by atoms with E-state index in [2.05, 4.69) is 15.6 Å². The SMILES string of the molecule is CCNC(=NCc1ccc(C(=O)N(C)C)cc1)NCC(Cc1ccc(F)cc1)C(N)=O.I. The summed E-state index contributed by atoms with van der Waals surface area (Å²) in [4.78, 5) is 29.9. The molecule has 2 rings (SSSR count). The van der Waals surface area contributed by atoms with Gasteiger partial charge in [-0.15, -0.1) is 24.0 Å². The monoisotopic (exact) mass is 555 g/mol. The van der Waals surface area contributed by atoms with Crippen molar-refractivity contribution in [2.75, 3.05) is 27.2 Å². The fraction of sp³-hybridized carbons (Fsp3) is 0.348.